The first-order valence-corrected chi connectivity index (χ1v) is 8.10. The summed E-state index contributed by atoms with van der Waals surface area (Å²) in [5.41, 5.74) is 1.76. The predicted octanol–water partition coefficient (Wildman–Crippen LogP) is 5.42. The Balaban J connectivity index is 1.99. The van der Waals surface area contributed by atoms with Crippen LogP contribution in [0.25, 0.3) is 0 Å². The largest absolute Gasteiger partial charge is 0.485 e. The molecule has 2 atom stereocenters. The number of hydrogen-bond acceptors (Lipinski definition) is 2. The number of benzene rings is 2. The zero-order chi connectivity index (χ0) is 14.3. The molecule has 104 valence electrons. The van der Waals surface area contributed by atoms with Crippen molar-refractivity contribution in [3.05, 3.63) is 61.5 Å². The minimum Gasteiger partial charge on any atom is -0.485 e. The Labute approximate surface area is 139 Å². The molecular formula is C15H11Br2ClO2. The summed E-state index contributed by atoms with van der Waals surface area (Å²) in [5, 5.41) is 11.0. The zero-order valence-corrected chi connectivity index (χ0v) is 14.2. The predicted molar refractivity (Wildman–Crippen MR) is 86.2 cm³/mol. The fourth-order valence-corrected chi connectivity index (χ4v) is 3.43. The lowest BCUT2D eigenvalue weighted by molar-refractivity contribution is 0.0653. The Hall–Kier alpha value is -0.550. The maximum Gasteiger partial charge on any atom is 0.128 e. The molecule has 1 aliphatic heterocycles. The molecule has 1 N–H and O–H groups in total. The Morgan fingerprint density at radius 1 is 1.10 bits per heavy atom. The Morgan fingerprint density at radius 2 is 1.90 bits per heavy atom. The van der Waals surface area contributed by atoms with E-state index in [4.69, 9.17) is 16.3 Å². The highest BCUT2D eigenvalue weighted by Gasteiger charge is 2.29. The van der Waals surface area contributed by atoms with Crippen molar-refractivity contribution in [3.63, 3.8) is 0 Å². The molecule has 2 aromatic carbocycles. The molecule has 0 fully saturated rings. The molecule has 2 unspecified atom stereocenters. The van der Waals surface area contributed by atoms with Crippen LogP contribution in [0.4, 0.5) is 0 Å². The first kappa shape index (κ1) is 14.4. The molecule has 20 heavy (non-hydrogen) atoms. The van der Waals surface area contributed by atoms with E-state index < -0.39 is 6.10 Å². The summed E-state index contributed by atoms with van der Waals surface area (Å²) < 4.78 is 7.87. The number of aliphatic hydroxyl groups is 1. The van der Waals surface area contributed by atoms with Crippen molar-refractivity contribution in [2.45, 2.75) is 18.6 Å². The molecule has 1 aliphatic rings. The van der Waals surface area contributed by atoms with Gasteiger partial charge in [-0.15, -0.1) is 0 Å². The molecule has 0 spiro atoms. The van der Waals surface area contributed by atoms with Crippen molar-refractivity contribution in [2.24, 2.45) is 0 Å². The summed E-state index contributed by atoms with van der Waals surface area (Å²) in [6.45, 7) is 0. The Kier molecular flexibility index (Phi) is 4.09. The lowest BCUT2D eigenvalue weighted by Gasteiger charge is -2.30. The first-order valence-electron chi connectivity index (χ1n) is 6.13. The van der Waals surface area contributed by atoms with E-state index >= 15 is 0 Å². The summed E-state index contributed by atoms with van der Waals surface area (Å²) in [6, 6.07) is 11.2. The molecule has 0 saturated heterocycles. The van der Waals surface area contributed by atoms with Gasteiger partial charge in [0.25, 0.3) is 0 Å². The minimum absolute atomic E-state index is 0.216. The normalized spacial score (nSPS) is 21.2. The lowest BCUT2D eigenvalue weighted by atomic mass is 9.95. The van der Waals surface area contributed by atoms with Gasteiger partial charge in [0, 0.05) is 31.5 Å². The number of hydrogen-bond donors (Lipinski definition) is 1. The van der Waals surface area contributed by atoms with E-state index in [2.05, 4.69) is 31.9 Å². The molecule has 0 saturated carbocycles. The minimum atomic E-state index is -0.549. The lowest BCUT2D eigenvalue weighted by Crippen LogP contribution is -2.19. The van der Waals surface area contributed by atoms with Gasteiger partial charge < -0.3 is 9.84 Å². The van der Waals surface area contributed by atoms with Crippen LogP contribution < -0.4 is 4.74 Å². The molecule has 0 aliphatic carbocycles. The number of aliphatic hydroxyl groups excluding tert-OH is 1. The quantitative estimate of drug-likeness (QED) is 0.670. The van der Waals surface area contributed by atoms with Crippen molar-refractivity contribution in [1.29, 1.82) is 0 Å². The van der Waals surface area contributed by atoms with E-state index in [1.807, 2.05) is 36.4 Å². The Bertz CT molecular complexity index is 660. The van der Waals surface area contributed by atoms with Gasteiger partial charge in [0.15, 0.2) is 0 Å². The first-order chi connectivity index (χ1) is 9.54. The van der Waals surface area contributed by atoms with Gasteiger partial charge in [-0.05, 0) is 36.4 Å². The van der Waals surface area contributed by atoms with Crippen molar-refractivity contribution < 1.29 is 9.84 Å². The zero-order valence-electron chi connectivity index (χ0n) is 10.3. The van der Waals surface area contributed by atoms with Crippen LogP contribution in [0.5, 0.6) is 5.75 Å². The molecule has 3 rings (SSSR count). The third-order valence-electron chi connectivity index (χ3n) is 3.34. The van der Waals surface area contributed by atoms with Crippen LogP contribution in [0.15, 0.2) is 45.3 Å². The highest BCUT2D eigenvalue weighted by atomic mass is 79.9. The van der Waals surface area contributed by atoms with Crippen LogP contribution in [0.1, 0.15) is 29.8 Å². The van der Waals surface area contributed by atoms with Crippen molar-refractivity contribution in [2.75, 3.05) is 0 Å². The number of ether oxygens (including phenoxy) is 1. The molecular weight excluding hydrogens is 407 g/mol. The average Bonchev–Trinajstić information content (AvgIpc) is 2.42. The van der Waals surface area contributed by atoms with Crippen LogP contribution in [0, 0.1) is 0 Å². The van der Waals surface area contributed by atoms with Crippen LogP contribution in [0.2, 0.25) is 5.02 Å². The van der Waals surface area contributed by atoms with E-state index in [1.165, 1.54) is 0 Å². The summed E-state index contributed by atoms with van der Waals surface area (Å²) >= 11 is 13.0. The van der Waals surface area contributed by atoms with E-state index in [9.17, 15) is 5.11 Å². The highest BCUT2D eigenvalue weighted by Crippen LogP contribution is 2.43. The van der Waals surface area contributed by atoms with Crippen LogP contribution >= 0.6 is 43.5 Å². The fourth-order valence-electron chi connectivity index (χ4n) is 2.37. The molecule has 0 radical (unpaired) electrons. The molecule has 2 aromatic rings. The van der Waals surface area contributed by atoms with Crippen LogP contribution in [-0.4, -0.2) is 5.11 Å². The van der Waals surface area contributed by atoms with Gasteiger partial charge in [-0.1, -0.05) is 43.5 Å². The smallest absolute Gasteiger partial charge is 0.128 e. The number of fused-ring (bicyclic) bond motifs is 1. The summed E-state index contributed by atoms with van der Waals surface area (Å²) in [7, 11) is 0. The van der Waals surface area contributed by atoms with E-state index in [-0.39, 0.29) is 6.10 Å². The van der Waals surface area contributed by atoms with Gasteiger partial charge in [-0.25, -0.2) is 0 Å². The molecule has 0 amide bonds. The van der Waals surface area contributed by atoms with Crippen LogP contribution in [-0.2, 0) is 0 Å². The molecule has 0 aromatic heterocycles. The second-order valence-electron chi connectivity index (χ2n) is 4.71. The SMILES string of the molecule is OC1CC(c2cc(Cl)ccc2Br)Oc2ccc(Br)cc21. The number of rotatable bonds is 1. The van der Waals surface area contributed by atoms with Gasteiger partial charge in [-0.3, -0.25) is 0 Å². The van der Waals surface area contributed by atoms with E-state index in [1.54, 1.807) is 0 Å². The van der Waals surface area contributed by atoms with Crippen molar-refractivity contribution in [3.8, 4) is 5.75 Å². The van der Waals surface area contributed by atoms with Gasteiger partial charge in [0.1, 0.15) is 11.9 Å². The number of halogens is 3. The van der Waals surface area contributed by atoms with Crippen molar-refractivity contribution in [1.82, 2.24) is 0 Å². The third kappa shape index (κ3) is 2.75. The van der Waals surface area contributed by atoms with Gasteiger partial charge in [-0.2, -0.15) is 0 Å². The van der Waals surface area contributed by atoms with E-state index in [0.29, 0.717) is 17.2 Å². The van der Waals surface area contributed by atoms with Gasteiger partial charge in [0.2, 0.25) is 0 Å². The summed E-state index contributed by atoms with van der Waals surface area (Å²) in [6.07, 6.45) is -0.263. The topological polar surface area (TPSA) is 29.5 Å². The van der Waals surface area contributed by atoms with Gasteiger partial charge >= 0.3 is 0 Å². The van der Waals surface area contributed by atoms with Crippen LogP contribution in [0.3, 0.4) is 0 Å². The van der Waals surface area contributed by atoms with Gasteiger partial charge in [0.05, 0.1) is 6.10 Å². The molecule has 5 heteroatoms. The monoisotopic (exact) mass is 416 g/mol. The highest BCUT2D eigenvalue weighted by molar-refractivity contribution is 9.10. The maximum atomic E-state index is 10.3. The molecule has 0 bridgehead atoms. The maximum absolute atomic E-state index is 10.3. The fraction of sp³-hybridized carbons (Fsp3) is 0.200. The molecule has 2 nitrogen and oxygen atoms in total. The third-order valence-corrected chi connectivity index (χ3v) is 4.79. The van der Waals surface area contributed by atoms with E-state index in [0.717, 1.165) is 20.1 Å². The molecule has 1 heterocycles. The summed E-state index contributed by atoms with van der Waals surface area (Å²) in [4.78, 5) is 0. The Morgan fingerprint density at radius 3 is 2.70 bits per heavy atom. The second-order valence-corrected chi connectivity index (χ2v) is 6.91. The summed E-state index contributed by atoms with van der Waals surface area (Å²) in [5.74, 6) is 0.712. The van der Waals surface area contributed by atoms with Crippen molar-refractivity contribution >= 4 is 43.5 Å². The standard InChI is InChI=1S/C15H11Br2ClO2/c16-8-1-4-14-11(5-8)13(19)7-15(20-14)10-6-9(18)2-3-12(10)17/h1-6,13,15,19H,7H2. The second kappa shape index (κ2) is 5.68. The average molecular weight is 419 g/mol.